The largest absolute Gasteiger partial charge is 0.370 e. The summed E-state index contributed by atoms with van der Waals surface area (Å²) in [5.74, 6) is 0.913. The van der Waals surface area contributed by atoms with Crippen LogP contribution in [0, 0.1) is 6.92 Å². The molecule has 1 amide bonds. The number of anilines is 1. The van der Waals surface area contributed by atoms with Crippen molar-refractivity contribution >= 4 is 17.7 Å². The Balaban J connectivity index is 1.70. The lowest BCUT2D eigenvalue weighted by atomic mass is 10.1. The molecule has 0 aromatic carbocycles. The normalized spacial score (nSPS) is 16.7. The molecule has 23 heavy (non-hydrogen) atoms. The van der Waals surface area contributed by atoms with Crippen LogP contribution in [0.25, 0.3) is 0 Å². The number of hydrogen-bond donors (Lipinski definition) is 3. The Kier molecular flexibility index (Phi) is 6.84. The highest BCUT2D eigenvalue weighted by Gasteiger charge is 2.12. The maximum Gasteiger partial charge on any atom is 0.227 e. The van der Waals surface area contributed by atoms with E-state index in [9.17, 15) is 4.79 Å². The minimum absolute atomic E-state index is 0.103. The number of rotatable bonds is 5. The molecule has 0 bridgehead atoms. The molecule has 1 aliphatic rings. The van der Waals surface area contributed by atoms with Crippen LogP contribution in [0.15, 0.2) is 23.2 Å². The topological polar surface area (TPSA) is 92.4 Å². The number of hydrogen-bond acceptors (Lipinski definition) is 3. The van der Waals surface area contributed by atoms with Gasteiger partial charge in [0.25, 0.3) is 0 Å². The molecule has 1 heterocycles. The van der Waals surface area contributed by atoms with Gasteiger partial charge in [-0.25, -0.2) is 4.98 Å². The first-order valence-corrected chi connectivity index (χ1v) is 8.43. The molecule has 6 nitrogen and oxygen atoms in total. The lowest BCUT2D eigenvalue weighted by molar-refractivity contribution is -0.116. The maximum absolute atomic E-state index is 11.9. The summed E-state index contributed by atoms with van der Waals surface area (Å²) < 4.78 is 0. The molecule has 1 aromatic rings. The summed E-state index contributed by atoms with van der Waals surface area (Å²) in [6.07, 6.45) is 7.70. The second kappa shape index (κ2) is 9.12. The number of aromatic nitrogens is 1. The smallest absolute Gasteiger partial charge is 0.227 e. The van der Waals surface area contributed by atoms with Gasteiger partial charge in [-0.3, -0.25) is 9.79 Å². The van der Waals surface area contributed by atoms with E-state index in [0.29, 0.717) is 30.8 Å². The van der Waals surface area contributed by atoms with E-state index in [1.165, 1.54) is 25.7 Å². The summed E-state index contributed by atoms with van der Waals surface area (Å²) in [7, 11) is 0. The van der Waals surface area contributed by atoms with Crippen LogP contribution in [0.1, 0.15) is 50.6 Å². The van der Waals surface area contributed by atoms with Crippen molar-refractivity contribution in [2.75, 3.05) is 11.9 Å². The summed E-state index contributed by atoms with van der Waals surface area (Å²) in [6, 6.07) is 5.95. The first-order chi connectivity index (χ1) is 11.1. The van der Waals surface area contributed by atoms with E-state index in [-0.39, 0.29) is 5.91 Å². The summed E-state index contributed by atoms with van der Waals surface area (Å²) in [5.41, 5.74) is 6.78. The van der Waals surface area contributed by atoms with Crippen LogP contribution >= 0.6 is 0 Å². The van der Waals surface area contributed by atoms with Gasteiger partial charge in [-0.15, -0.1) is 0 Å². The number of aliphatic imine (C=N–C) groups is 1. The van der Waals surface area contributed by atoms with E-state index in [1.54, 1.807) is 6.07 Å². The van der Waals surface area contributed by atoms with Crippen molar-refractivity contribution in [1.29, 1.82) is 0 Å². The first-order valence-electron chi connectivity index (χ1n) is 8.43. The van der Waals surface area contributed by atoms with Gasteiger partial charge in [-0.1, -0.05) is 31.7 Å². The number of pyridine rings is 1. The van der Waals surface area contributed by atoms with Crippen molar-refractivity contribution in [3.63, 3.8) is 0 Å². The minimum Gasteiger partial charge on any atom is -0.370 e. The lowest BCUT2D eigenvalue weighted by Crippen LogP contribution is -2.40. The third-order valence-electron chi connectivity index (χ3n) is 3.98. The Bertz CT molecular complexity index is 536. The Morgan fingerprint density at radius 1 is 1.30 bits per heavy atom. The molecule has 1 aromatic heterocycles. The Hall–Kier alpha value is -2.11. The van der Waals surface area contributed by atoms with E-state index in [2.05, 4.69) is 20.6 Å². The molecular formula is C17H27N5O. The molecule has 1 saturated carbocycles. The summed E-state index contributed by atoms with van der Waals surface area (Å²) in [4.78, 5) is 20.3. The van der Waals surface area contributed by atoms with E-state index in [4.69, 9.17) is 5.73 Å². The number of nitrogens with two attached hydrogens (primary N) is 1. The number of carbonyl (C=O) groups is 1. The molecule has 1 fully saturated rings. The van der Waals surface area contributed by atoms with Crippen LogP contribution in [-0.2, 0) is 4.79 Å². The SMILES string of the molecule is Cc1cccc(NC(=O)CCN=C(N)NC2CCCCCC2)n1. The Morgan fingerprint density at radius 2 is 2.04 bits per heavy atom. The first kappa shape index (κ1) is 17.2. The molecule has 0 aliphatic heterocycles. The predicted molar refractivity (Wildman–Crippen MR) is 93.3 cm³/mol. The van der Waals surface area contributed by atoms with Crippen LogP contribution in [0.4, 0.5) is 5.82 Å². The van der Waals surface area contributed by atoms with Gasteiger partial charge >= 0.3 is 0 Å². The van der Waals surface area contributed by atoms with E-state index in [1.807, 2.05) is 19.1 Å². The second-order valence-electron chi connectivity index (χ2n) is 6.06. The third kappa shape index (κ3) is 6.67. The molecule has 0 atom stereocenters. The Labute approximate surface area is 138 Å². The van der Waals surface area contributed by atoms with Crippen molar-refractivity contribution in [1.82, 2.24) is 10.3 Å². The molecule has 1 aliphatic carbocycles. The van der Waals surface area contributed by atoms with Gasteiger partial charge < -0.3 is 16.4 Å². The van der Waals surface area contributed by atoms with E-state index < -0.39 is 0 Å². The molecule has 4 N–H and O–H groups in total. The maximum atomic E-state index is 11.9. The quantitative estimate of drug-likeness (QED) is 0.441. The molecule has 0 spiro atoms. The van der Waals surface area contributed by atoms with Crippen LogP contribution in [0.3, 0.4) is 0 Å². The van der Waals surface area contributed by atoms with Gasteiger partial charge in [0.05, 0.1) is 6.54 Å². The van der Waals surface area contributed by atoms with Gasteiger partial charge in [-0.2, -0.15) is 0 Å². The van der Waals surface area contributed by atoms with Crippen molar-refractivity contribution in [2.45, 2.75) is 57.9 Å². The summed E-state index contributed by atoms with van der Waals surface area (Å²) >= 11 is 0. The van der Waals surface area contributed by atoms with Crippen LogP contribution < -0.4 is 16.4 Å². The number of carbonyl (C=O) groups excluding carboxylic acids is 1. The van der Waals surface area contributed by atoms with Gasteiger partial charge in [0.1, 0.15) is 5.82 Å². The number of nitrogens with one attached hydrogen (secondary N) is 2. The standard InChI is InChI=1S/C17H27N5O/c1-13-7-6-10-15(20-13)22-16(23)11-12-19-17(18)21-14-8-4-2-3-5-9-14/h6-7,10,14H,2-5,8-9,11-12H2,1H3,(H3,18,19,21)(H,20,22,23). The van der Waals surface area contributed by atoms with Crippen molar-refractivity contribution < 1.29 is 4.79 Å². The fourth-order valence-corrected chi connectivity index (χ4v) is 2.77. The molecule has 0 unspecified atom stereocenters. The minimum atomic E-state index is -0.103. The zero-order valence-corrected chi connectivity index (χ0v) is 13.8. The monoisotopic (exact) mass is 317 g/mol. The average molecular weight is 317 g/mol. The highest BCUT2D eigenvalue weighted by molar-refractivity contribution is 5.90. The summed E-state index contributed by atoms with van der Waals surface area (Å²) in [5, 5.41) is 6.04. The highest BCUT2D eigenvalue weighted by Crippen LogP contribution is 2.16. The van der Waals surface area contributed by atoms with Gasteiger partial charge in [0.2, 0.25) is 5.91 Å². The second-order valence-corrected chi connectivity index (χ2v) is 6.06. The molecule has 126 valence electrons. The van der Waals surface area contributed by atoms with Crippen molar-refractivity contribution in [3.05, 3.63) is 23.9 Å². The van der Waals surface area contributed by atoms with Crippen molar-refractivity contribution in [2.24, 2.45) is 10.7 Å². The van der Waals surface area contributed by atoms with Crippen LogP contribution in [-0.4, -0.2) is 29.4 Å². The average Bonchev–Trinajstić information content (AvgIpc) is 2.76. The lowest BCUT2D eigenvalue weighted by Gasteiger charge is -2.16. The molecule has 2 rings (SSSR count). The fourth-order valence-electron chi connectivity index (χ4n) is 2.77. The van der Waals surface area contributed by atoms with Crippen LogP contribution in [0.5, 0.6) is 0 Å². The molecule has 6 heteroatoms. The van der Waals surface area contributed by atoms with Crippen LogP contribution in [0.2, 0.25) is 0 Å². The van der Waals surface area contributed by atoms with Gasteiger partial charge in [-0.05, 0) is 31.9 Å². The van der Waals surface area contributed by atoms with E-state index >= 15 is 0 Å². The highest BCUT2D eigenvalue weighted by atomic mass is 16.1. The van der Waals surface area contributed by atoms with Crippen molar-refractivity contribution in [3.8, 4) is 0 Å². The zero-order chi connectivity index (χ0) is 16.5. The zero-order valence-electron chi connectivity index (χ0n) is 13.8. The number of guanidine groups is 1. The number of nitrogens with zero attached hydrogens (tertiary/aromatic N) is 2. The van der Waals surface area contributed by atoms with E-state index in [0.717, 1.165) is 18.5 Å². The fraction of sp³-hybridized carbons (Fsp3) is 0.588. The van der Waals surface area contributed by atoms with Gasteiger partial charge in [0, 0.05) is 18.2 Å². The number of aryl methyl sites for hydroxylation is 1. The molecule has 0 saturated heterocycles. The Morgan fingerprint density at radius 3 is 2.74 bits per heavy atom. The predicted octanol–water partition coefficient (Wildman–Crippen LogP) is 2.35. The molecular weight excluding hydrogens is 290 g/mol. The molecule has 0 radical (unpaired) electrons. The third-order valence-corrected chi connectivity index (χ3v) is 3.98. The summed E-state index contributed by atoms with van der Waals surface area (Å²) in [6.45, 7) is 2.27. The van der Waals surface area contributed by atoms with Gasteiger partial charge in [0.15, 0.2) is 5.96 Å². The number of amides is 1.